The van der Waals surface area contributed by atoms with Crippen LogP contribution in [0.3, 0.4) is 0 Å². The highest BCUT2D eigenvalue weighted by atomic mass is 16.5. The molecule has 2 saturated carbocycles. The Balaban J connectivity index is 1.99. The highest BCUT2D eigenvalue weighted by molar-refractivity contribution is 5.67. The second-order valence-electron chi connectivity index (χ2n) is 9.00. The standard InChI is InChI=1S/C21H36O6/c1-12-8-15-5-4-13(2)18(21(15)19(9-12)27-14(3)22)7-6-16(23)10-17(24)11-20(25)26/h12-13,15-19,21,23-24H,4-11H2,1-3H3,(H,25,26)/t12?,13-,15?,16?,17?,18?,19?,21?/m0/s1. The molecule has 27 heavy (non-hydrogen) atoms. The predicted molar refractivity (Wildman–Crippen MR) is 101 cm³/mol. The van der Waals surface area contributed by atoms with Crippen molar-refractivity contribution >= 4 is 11.9 Å². The van der Waals surface area contributed by atoms with Crippen LogP contribution in [0.15, 0.2) is 0 Å². The molecule has 0 aromatic heterocycles. The summed E-state index contributed by atoms with van der Waals surface area (Å²) in [6.07, 6.45) is 3.74. The smallest absolute Gasteiger partial charge is 0.305 e. The molecule has 6 nitrogen and oxygen atoms in total. The van der Waals surface area contributed by atoms with E-state index < -0.39 is 18.2 Å². The maximum absolute atomic E-state index is 11.6. The van der Waals surface area contributed by atoms with Gasteiger partial charge in [0.1, 0.15) is 6.10 Å². The molecule has 3 N–H and O–H groups in total. The number of ether oxygens (including phenoxy) is 1. The van der Waals surface area contributed by atoms with Gasteiger partial charge < -0.3 is 20.1 Å². The number of fused-ring (bicyclic) bond motifs is 1. The molecule has 2 fully saturated rings. The van der Waals surface area contributed by atoms with Gasteiger partial charge in [0.05, 0.1) is 18.6 Å². The van der Waals surface area contributed by atoms with Gasteiger partial charge in [-0.25, -0.2) is 0 Å². The number of rotatable bonds is 8. The fourth-order valence-corrected chi connectivity index (χ4v) is 5.55. The maximum atomic E-state index is 11.6. The highest BCUT2D eigenvalue weighted by Gasteiger charge is 2.46. The first-order chi connectivity index (χ1) is 12.7. The van der Waals surface area contributed by atoms with E-state index >= 15 is 0 Å². The van der Waals surface area contributed by atoms with Crippen LogP contribution < -0.4 is 0 Å². The van der Waals surface area contributed by atoms with Gasteiger partial charge in [-0.2, -0.15) is 0 Å². The van der Waals surface area contributed by atoms with E-state index in [0.717, 1.165) is 19.3 Å². The van der Waals surface area contributed by atoms with Crippen molar-refractivity contribution in [1.29, 1.82) is 0 Å². The lowest BCUT2D eigenvalue weighted by atomic mass is 9.58. The van der Waals surface area contributed by atoms with E-state index in [1.54, 1.807) is 0 Å². The summed E-state index contributed by atoms with van der Waals surface area (Å²) in [5.74, 6) is 1.07. The van der Waals surface area contributed by atoms with Gasteiger partial charge in [-0.05, 0) is 62.2 Å². The minimum absolute atomic E-state index is 0.0428. The van der Waals surface area contributed by atoms with Gasteiger partial charge in [0, 0.05) is 12.8 Å². The molecule has 0 aromatic rings. The van der Waals surface area contributed by atoms with Crippen molar-refractivity contribution in [2.75, 3.05) is 0 Å². The SMILES string of the molecule is CC(=O)OC1CC(C)CC2CC[C@H](C)C(CCC(O)CC(O)CC(=O)O)C21. The van der Waals surface area contributed by atoms with E-state index in [1.165, 1.54) is 19.8 Å². The van der Waals surface area contributed by atoms with Crippen molar-refractivity contribution < 1.29 is 29.6 Å². The second-order valence-corrected chi connectivity index (χ2v) is 9.00. The number of carboxylic acids is 1. The van der Waals surface area contributed by atoms with Crippen molar-refractivity contribution in [2.24, 2.45) is 29.6 Å². The molecular weight excluding hydrogens is 348 g/mol. The molecule has 0 bridgehead atoms. The Labute approximate surface area is 162 Å². The topological polar surface area (TPSA) is 104 Å². The summed E-state index contributed by atoms with van der Waals surface area (Å²) >= 11 is 0. The minimum Gasteiger partial charge on any atom is -0.481 e. The molecule has 0 aromatic carbocycles. The number of hydrogen-bond donors (Lipinski definition) is 3. The molecule has 0 heterocycles. The number of hydrogen-bond acceptors (Lipinski definition) is 5. The molecule has 7 unspecified atom stereocenters. The Morgan fingerprint density at radius 3 is 2.44 bits per heavy atom. The highest BCUT2D eigenvalue weighted by Crippen LogP contribution is 2.50. The maximum Gasteiger partial charge on any atom is 0.305 e. The molecule has 8 atom stereocenters. The van der Waals surface area contributed by atoms with Crippen molar-refractivity contribution in [2.45, 2.75) is 90.4 Å². The first kappa shape index (κ1) is 22.2. The first-order valence-electron chi connectivity index (χ1n) is 10.4. The Hall–Kier alpha value is -1.14. The molecule has 2 aliphatic rings. The number of aliphatic carboxylic acids is 1. The first-order valence-corrected chi connectivity index (χ1v) is 10.4. The minimum atomic E-state index is -1.06. The van der Waals surface area contributed by atoms with Crippen LogP contribution in [0.2, 0.25) is 0 Å². The van der Waals surface area contributed by atoms with Crippen molar-refractivity contribution in [3.8, 4) is 0 Å². The Morgan fingerprint density at radius 1 is 1.11 bits per heavy atom. The van der Waals surface area contributed by atoms with Crippen LogP contribution in [-0.4, -0.2) is 45.6 Å². The molecule has 0 aliphatic heterocycles. The summed E-state index contributed by atoms with van der Waals surface area (Å²) in [5.41, 5.74) is 0. The van der Waals surface area contributed by atoms with Gasteiger partial charge in [0.25, 0.3) is 0 Å². The fourth-order valence-electron chi connectivity index (χ4n) is 5.55. The van der Waals surface area contributed by atoms with Gasteiger partial charge >= 0.3 is 11.9 Å². The average Bonchev–Trinajstić information content (AvgIpc) is 2.52. The molecule has 2 aliphatic carbocycles. The third kappa shape index (κ3) is 6.46. The number of aliphatic hydroxyl groups excluding tert-OH is 2. The molecule has 0 saturated heterocycles. The summed E-state index contributed by atoms with van der Waals surface area (Å²) in [7, 11) is 0. The number of carboxylic acid groups (broad SMARTS) is 1. The van der Waals surface area contributed by atoms with Crippen LogP contribution in [0, 0.1) is 29.6 Å². The third-order valence-corrected chi connectivity index (χ3v) is 6.64. The van der Waals surface area contributed by atoms with Gasteiger partial charge in [-0.15, -0.1) is 0 Å². The largest absolute Gasteiger partial charge is 0.481 e. The average molecular weight is 385 g/mol. The van der Waals surface area contributed by atoms with Crippen LogP contribution in [0.4, 0.5) is 0 Å². The van der Waals surface area contributed by atoms with Crippen LogP contribution >= 0.6 is 0 Å². The number of aliphatic hydroxyl groups is 2. The number of carbonyl (C=O) groups is 2. The molecule has 0 amide bonds. The van der Waals surface area contributed by atoms with Crippen LogP contribution in [-0.2, 0) is 14.3 Å². The van der Waals surface area contributed by atoms with Gasteiger partial charge in [0.2, 0.25) is 0 Å². The molecule has 0 spiro atoms. The van der Waals surface area contributed by atoms with Crippen LogP contribution in [0.25, 0.3) is 0 Å². The third-order valence-electron chi connectivity index (χ3n) is 6.64. The molecule has 156 valence electrons. The summed E-state index contributed by atoms with van der Waals surface area (Å²) in [5, 5.41) is 28.7. The van der Waals surface area contributed by atoms with Crippen molar-refractivity contribution in [3.63, 3.8) is 0 Å². The summed E-state index contributed by atoms with van der Waals surface area (Å²) in [4.78, 5) is 22.3. The molecule has 2 rings (SSSR count). The van der Waals surface area contributed by atoms with Crippen molar-refractivity contribution in [1.82, 2.24) is 0 Å². The summed E-state index contributed by atoms with van der Waals surface area (Å²) < 4.78 is 5.72. The van der Waals surface area contributed by atoms with Gasteiger partial charge in [-0.3, -0.25) is 9.59 Å². The van der Waals surface area contributed by atoms with E-state index in [4.69, 9.17) is 9.84 Å². The fraction of sp³-hybridized carbons (Fsp3) is 0.905. The normalized spacial score (nSPS) is 35.7. The summed E-state index contributed by atoms with van der Waals surface area (Å²) in [6.45, 7) is 5.95. The van der Waals surface area contributed by atoms with E-state index in [-0.39, 0.29) is 24.9 Å². The Bertz CT molecular complexity index is 507. The number of esters is 1. The van der Waals surface area contributed by atoms with Gasteiger partial charge in [-0.1, -0.05) is 20.3 Å². The quantitative estimate of drug-likeness (QED) is 0.556. The van der Waals surface area contributed by atoms with E-state index in [0.29, 0.717) is 36.0 Å². The summed E-state index contributed by atoms with van der Waals surface area (Å²) in [6, 6.07) is 0. The second kappa shape index (κ2) is 9.87. The van der Waals surface area contributed by atoms with E-state index in [1.807, 2.05) is 0 Å². The molecule has 6 heteroatoms. The van der Waals surface area contributed by atoms with Crippen LogP contribution in [0.1, 0.15) is 72.1 Å². The lowest BCUT2D eigenvalue weighted by Gasteiger charge is -2.50. The zero-order chi connectivity index (χ0) is 20.1. The lowest BCUT2D eigenvalue weighted by molar-refractivity contribution is -0.160. The zero-order valence-electron chi connectivity index (χ0n) is 16.8. The Morgan fingerprint density at radius 2 is 1.81 bits per heavy atom. The number of carbonyl (C=O) groups excluding carboxylic acids is 1. The Kier molecular flexibility index (Phi) is 8.10. The lowest BCUT2D eigenvalue weighted by Crippen LogP contribution is -2.47. The van der Waals surface area contributed by atoms with E-state index in [2.05, 4.69) is 13.8 Å². The van der Waals surface area contributed by atoms with E-state index in [9.17, 15) is 19.8 Å². The van der Waals surface area contributed by atoms with Crippen molar-refractivity contribution in [3.05, 3.63) is 0 Å². The zero-order valence-corrected chi connectivity index (χ0v) is 16.8. The molecule has 0 radical (unpaired) electrons. The van der Waals surface area contributed by atoms with Gasteiger partial charge in [0.15, 0.2) is 0 Å². The monoisotopic (exact) mass is 384 g/mol. The molecular formula is C21H36O6. The van der Waals surface area contributed by atoms with Crippen LogP contribution in [0.5, 0.6) is 0 Å². The predicted octanol–water partition coefficient (Wildman–Crippen LogP) is 2.99.